The van der Waals surface area contributed by atoms with Gasteiger partial charge in [0.25, 0.3) is 0 Å². The third-order valence-corrected chi connectivity index (χ3v) is 3.26. The van der Waals surface area contributed by atoms with Crippen molar-refractivity contribution in [2.24, 2.45) is 0 Å². The summed E-state index contributed by atoms with van der Waals surface area (Å²) in [5, 5.41) is 10.6. The van der Waals surface area contributed by atoms with E-state index in [9.17, 15) is 5.11 Å². The predicted molar refractivity (Wildman–Crippen MR) is 77.6 cm³/mol. The number of halogens is 2. The quantitative estimate of drug-likeness (QED) is 0.820. The van der Waals surface area contributed by atoms with Gasteiger partial charge >= 0.3 is 0 Å². The largest absolute Gasteiger partial charge is 0.508 e. The van der Waals surface area contributed by atoms with Crippen LogP contribution in [0.1, 0.15) is 25.3 Å². The number of phenolic OH excluding ortho intramolecular Hbond substituents is 1. The van der Waals surface area contributed by atoms with Crippen LogP contribution < -0.4 is 4.74 Å². The lowest BCUT2D eigenvalue weighted by molar-refractivity contribution is 0.455. The first kappa shape index (κ1) is 14.0. The summed E-state index contributed by atoms with van der Waals surface area (Å²) in [5.41, 5.74) is 0.812. The van der Waals surface area contributed by atoms with E-state index in [0.717, 1.165) is 5.56 Å². The van der Waals surface area contributed by atoms with Crippen LogP contribution in [-0.4, -0.2) is 5.11 Å². The molecule has 2 nitrogen and oxygen atoms in total. The minimum Gasteiger partial charge on any atom is -0.508 e. The molecule has 0 aromatic heterocycles. The molecule has 2 aromatic rings. The van der Waals surface area contributed by atoms with Crippen LogP contribution in [0.2, 0.25) is 10.0 Å². The number of aromatic hydroxyl groups is 1. The molecule has 0 aliphatic carbocycles. The second-order valence-electron chi connectivity index (χ2n) is 4.46. The Labute approximate surface area is 122 Å². The summed E-state index contributed by atoms with van der Waals surface area (Å²) in [4.78, 5) is 0. The molecular formula is C15H13Cl2O2. The third-order valence-electron chi connectivity index (χ3n) is 2.69. The van der Waals surface area contributed by atoms with Crippen molar-refractivity contribution in [2.75, 3.05) is 0 Å². The standard InChI is InChI=1S/C15H13Cl2O2/c1-9(2)11-8-10(6-7-14(11)18)19-15-12(16)4-3-5-13(15)17/h4-9,18H,1-2H3. The molecule has 0 aliphatic heterocycles. The topological polar surface area (TPSA) is 29.5 Å². The Bertz CT molecular complexity index is 574. The fraction of sp³-hybridized carbons (Fsp3) is 0.200. The first-order valence-electron chi connectivity index (χ1n) is 5.85. The normalized spacial score (nSPS) is 10.8. The molecule has 0 saturated heterocycles. The fourth-order valence-corrected chi connectivity index (χ4v) is 2.16. The summed E-state index contributed by atoms with van der Waals surface area (Å²) in [5.74, 6) is 1.42. The number of benzene rings is 2. The van der Waals surface area contributed by atoms with Crippen molar-refractivity contribution in [3.8, 4) is 17.2 Å². The van der Waals surface area contributed by atoms with Gasteiger partial charge in [-0.3, -0.25) is 0 Å². The van der Waals surface area contributed by atoms with E-state index in [-0.39, 0.29) is 11.7 Å². The summed E-state index contributed by atoms with van der Waals surface area (Å²) in [7, 11) is 0. The van der Waals surface area contributed by atoms with Crippen molar-refractivity contribution in [3.05, 3.63) is 52.0 Å². The molecule has 0 spiro atoms. The molecule has 0 amide bonds. The Morgan fingerprint density at radius 3 is 2.37 bits per heavy atom. The molecule has 0 atom stereocenters. The van der Waals surface area contributed by atoms with E-state index in [2.05, 4.69) is 6.07 Å². The molecule has 0 fully saturated rings. The van der Waals surface area contributed by atoms with Gasteiger partial charge in [-0.05, 0) is 42.3 Å². The second-order valence-corrected chi connectivity index (χ2v) is 5.27. The van der Waals surface area contributed by atoms with Gasteiger partial charge in [-0.15, -0.1) is 0 Å². The molecule has 0 unspecified atom stereocenters. The van der Waals surface area contributed by atoms with Gasteiger partial charge in [0.1, 0.15) is 11.5 Å². The maximum Gasteiger partial charge on any atom is 0.164 e. The van der Waals surface area contributed by atoms with Gasteiger partial charge in [0.15, 0.2) is 5.75 Å². The van der Waals surface area contributed by atoms with Crippen LogP contribution in [0.5, 0.6) is 17.2 Å². The van der Waals surface area contributed by atoms with E-state index in [1.807, 2.05) is 13.8 Å². The lowest BCUT2D eigenvalue weighted by atomic mass is 10.0. The molecule has 0 aliphatic rings. The highest BCUT2D eigenvalue weighted by molar-refractivity contribution is 6.37. The van der Waals surface area contributed by atoms with Crippen molar-refractivity contribution in [1.82, 2.24) is 0 Å². The highest BCUT2D eigenvalue weighted by Gasteiger charge is 2.11. The number of phenols is 1. The first-order chi connectivity index (χ1) is 8.99. The van der Waals surface area contributed by atoms with Gasteiger partial charge in [-0.25, -0.2) is 0 Å². The van der Waals surface area contributed by atoms with Crippen LogP contribution in [-0.2, 0) is 0 Å². The average Bonchev–Trinajstić information content (AvgIpc) is 2.35. The molecule has 1 radical (unpaired) electrons. The van der Waals surface area contributed by atoms with Gasteiger partial charge in [0, 0.05) is 5.56 Å². The third kappa shape index (κ3) is 3.14. The summed E-state index contributed by atoms with van der Waals surface area (Å²) in [6.45, 7) is 3.99. The van der Waals surface area contributed by atoms with Crippen molar-refractivity contribution in [1.29, 1.82) is 0 Å². The zero-order chi connectivity index (χ0) is 14.0. The Kier molecular flexibility index (Phi) is 4.23. The van der Waals surface area contributed by atoms with E-state index in [1.54, 1.807) is 30.3 Å². The highest BCUT2D eigenvalue weighted by atomic mass is 35.5. The number of rotatable bonds is 3. The van der Waals surface area contributed by atoms with E-state index in [4.69, 9.17) is 27.9 Å². The van der Waals surface area contributed by atoms with Crippen molar-refractivity contribution in [3.63, 3.8) is 0 Å². The Hall–Kier alpha value is -1.38. The lowest BCUT2D eigenvalue weighted by Gasteiger charge is -2.13. The van der Waals surface area contributed by atoms with Crippen LogP contribution in [0.15, 0.2) is 30.3 Å². The summed E-state index contributed by atoms with van der Waals surface area (Å²) in [6.07, 6.45) is 0. The van der Waals surface area contributed by atoms with Crippen LogP contribution in [0, 0.1) is 6.07 Å². The Morgan fingerprint density at radius 2 is 1.79 bits per heavy atom. The maximum atomic E-state index is 9.77. The van der Waals surface area contributed by atoms with Gasteiger partial charge in [0.05, 0.1) is 10.0 Å². The van der Waals surface area contributed by atoms with Crippen molar-refractivity contribution < 1.29 is 9.84 Å². The molecule has 4 heteroatoms. The molecule has 19 heavy (non-hydrogen) atoms. The zero-order valence-electron chi connectivity index (χ0n) is 10.6. The smallest absolute Gasteiger partial charge is 0.164 e. The monoisotopic (exact) mass is 295 g/mol. The fourth-order valence-electron chi connectivity index (χ4n) is 1.71. The molecule has 0 saturated carbocycles. The number of hydrogen-bond acceptors (Lipinski definition) is 2. The summed E-state index contributed by atoms with van der Waals surface area (Å²) < 4.78 is 5.69. The van der Waals surface area contributed by atoms with Crippen LogP contribution in [0.3, 0.4) is 0 Å². The van der Waals surface area contributed by atoms with Gasteiger partial charge in [-0.2, -0.15) is 0 Å². The van der Waals surface area contributed by atoms with E-state index >= 15 is 0 Å². The summed E-state index contributed by atoms with van der Waals surface area (Å²) in [6, 6.07) is 11.0. The lowest BCUT2D eigenvalue weighted by Crippen LogP contribution is -1.91. The molecule has 1 N–H and O–H groups in total. The van der Waals surface area contributed by atoms with E-state index in [1.165, 1.54) is 0 Å². The zero-order valence-corrected chi connectivity index (χ0v) is 12.1. The molecule has 0 bridgehead atoms. The summed E-state index contributed by atoms with van der Waals surface area (Å²) >= 11 is 12.0. The number of hydrogen-bond donors (Lipinski definition) is 1. The van der Waals surface area contributed by atoms with Crippen LogP contribution in [0.4, 0.5) is 0 Å². The minimum absolute atomic E-state index is 0.193. The molecule has 2 rings (SSSR count). The van der Waals surface area contributed by atoms with Crippen molar-refractivity contribution >= 4 is 23.2 Å². The maximum absolute atomic E-state index is 9.77. The van der Waals surface area contributed by atoms with Crippen molar-refractivity contribution in [2.45, 2.75) is 19.8 Å². The first-order valence-corrected chi connectivity index (χ1v) is 6.60. The van der Waals surface area contributed by atoms with Gasteiger partial charge in [0.2, 0.25) is 0 Å². The minimum atomic E-state index is 0.193. The van der Waals surface area contributed by atoms with Gasteiger partial charge in [-0.1, -0.05) is 37.0 Å². The Balaban J connectivity index is 2.36. The Morgan fingerprint density at radius 1 is 1.16 bits per heavy atom. The number of ether oxygens (including phenoxy) is 1. The molecule has 0 heterocycles. The molecule has 2 aromatic carbocycles. The second kappa shape index (κ2) is 5.72. The average molecular weight is 296 g/mol. The van der Waals surface area contributed by atoms with E-state index in [0.29, 0.717) is 21.5 Å². The van der Waals surface area contributed by atoms with Crippen LogP contribution >= 0.6 is 23.2 Å². The SMILES string of the molecule is CC(C)c1cc(Oc2c(Cl)c[c]cc2Cl)ccc1O. The highest BCUT2D eigenvalue weighted by Crippen LogP contribution is 2.37. The van der Waals surface area contributed by atoms with Gasteiger partial charge < -0.3 is 9.84 Å². The van der Waals surface area contributed by atoms with E-state index < -0.39 is 0 Å². The molecular weight excluding hydrogens is 283 g/mol. The predicted octanol–water partition coefficient (Wildman–Crippen LogP) is 5.41. The van der Waals surface area contributed by atoms with Crippen LogP contribution in [0.25, 0.3) is 0 Å². The molecule has 99 valence electrons.